The van der Waals surface area contributed by atoms with Gasteiger partial charge >= 0.3 is 0 Å². The minimum Gasteiger partial charge on any atom is -0.393 e. The Morgan fingerprint density at radius 1 is 1.00 bits per heavy atom. The third-order valence-corrected chi connectivity index (χ3v) is 4.00. The zero-order valence-corrected chi connectivity index (χ0v) is 13.2. The van der Waals surface area contributed by atoms with Crippen molar-refractivity contribution in [2.75, 3.05) is 0 Å². The van der Waals surface area contributed by atoms with Crippen LogP contribution in [0.4, 0.5) is 0 Å². The highest BCUT2D eigenvalue weighted by Gasteiger charge is 2.10. The minimum absolute atomic E-state index is 0.548. The summed E-state index contributed by atoms with van der Waals surface area (Å²) in [5, 5.41) is 0. The van der Waals surface area contributed by atoms with Crippen molar-refractivity contribution in [3.05, 3.63) is 66.0 Å². The Hall–Kier alpha value is -2.20. The Bertz CT molecular complexity index is 777. The van der Waals surface area contributed by atoms with Crippen LogP contribution in [0.15, 0.2) is 54.6 Å². The van der Waals surface area contributed by atoms with E-state index in [2.05, 4.69) is 41.0 Å². The molecule has 112 valence electrons. The summed E-state index contributed by atoms with van der Waals surface area (Å²) in [6.45, 7) is 0.792. The van der Waals surface area contributed by atoms with Crippen LogP contribution in [0.5, 0.6) is 0 Å². The van der Waals surface area contributed by atoms with Crippen molar-refractivity contribution in [3.63, 3.8) is 0 Å². The Kier molecular flexibility index (Phi) is 4.49. The van der Waals surface area contributed by atoms with Crippen molar-refractivity contribution in [2.24, 2.45) is 5.73 Å². The fourth-order valence-electron chi connectivity index (χ4n) is 2.69. The molecule has 0 aliphatic heterocycles. The number of fused-ring (bicyclic) bond motifs is 1. The van der Waals surface area contributed by atoms with Crippen molar-refractivity contribution >= 4 is 28.2 Å². The van der Waals surface area contributed by atoms with E-state index in [4.69, 9.17) is 22.9 Å². The average molecular weight is 309 g/mol. The second-order valence-corrected chi connectivity index (χ2v) is 5.89. The molecule has 1 aromatic heterocycles. The molecule has 3 rings (SSSR count). The second kappa shape index (κ2) is 6.71. The van der Waals surface area contributed by atoms with E-state index < -0.39 is 0 Å². The molecule has 1 heterocycles. The van der Waals surface area contributed by atoms with Gasteiger partial charge in [0.1, 0.15) is 5.82 Å². The second-order valence-electron chi connectivity index (χ2n) is 5.37. The maximum absolute atomic E-state index is 5.67. The van der Waals surface area contributed by atoms with Crippen LogP contribution in [-0.2, 0) is 19.4 Å². The molecule has 2 N–H and O–H groups in total. The Morgan fingerprint density at radius 2 is 1.73 bits per heavy atom. The molecule has 0 bridgehead atoms. The third-order valence-electron chi connectivity index (χ3n) is 3.80. The molecule has 0 aliphatic carbocycles. The Labute approximate surface area is 135 Å². The van der Waals surface area contributed by atoms with E-state index in [0.717, 1.165) is 36.2 Å². The lowest BCUT2D eigenvalue weighted by molar-refractivity contribution is 0.684. The van der Waals surface area contributed by atoms with E-state index in [1.807, 2.05) is 18.2 Å². The zero-order valence-electron chi connectivity index (χ0n) is 12.4. The molecule has 0 amide bonds. The molecule has 0 unspecified atom stereocenters. The lowest BCUT2D eigenvalue weighted by Gasteiger charge is -2.09. The molecule has 3 aromatic rings. The largest absolute Gasteiger partial charge is 0.393 e. The van der Waals surface area contributed by atoms with Crippen LogP contribution < -0.4 is 5.73 Å². The number of hydrogen-bond donors (Lipinski definition) is 1. The zero-order chi connectivity index (χ0) is 15.4. The lowest BCUT2D eigenvalue weighted by Crippen LogP contribution is -2.13. The van der Waals surface area contributed by atoms with Crippen LogP contribution in [0, 0.1) is 0 Å². The third kappa shape index (κ3) is 3.34. The van der Waals surface area contributed by atoms with Gasteiger partial charge in [-0.15, -0.1) is 0 Å². The number of benzene rings is 2. The molecule has 0 aliphatic rings. The van der Waals surface area contributed by atoms with Crippen molar-refractivity contribution < 1.29 is 0 Å². The molecule has 0 atom stereocenters. The fraction of sp³-hybridized carbons (Fsp3) is 0.222. The number of para-hydroxylation sites is 2. The minimum atomic E-state index is 0.548. The highest BCUT2D eigenvalue weighted by Crippen LogP contribution is 2.18. The van der Waals surface area contributed by atoms with Gasteiger partial charge in [-0.25, -0.2) is 4.98 Å². The first-order valence-corrected chi connectivity index (χ1v) is 7.91. The topological polar surface area (TPSA) is 43.8 Å². The molecule has 0 fully saturated rings. The predicted molar refractivity (Wildman–Crippen MR) is 95.0 cm³/mol. The summed E-state index contributed by atoms with van der Waals surface area (Å²) >= 11 is 5.02. The summed E-state index contributed by atoms with van der Waals surface area (Å²) in [7, 11) is 0. The Balaban J connectivity index is 1.86. The van der Waals surface area contributed by atoms with Crippen LogP contribution in [0.25, 0.3) is 11.0 Å². The van der Waals surface area contributed by atoms with Gasteiger partial charge in [0.15, 0.2) is 0 Å². The smallest absolute Gasteiger partial charge is 0.110 e. The summed E-state index contributed by atoms with van der Waals surface area (Å²) in [4.78, 5) is 5.33. The van der Waals surface area contributed by atoms with Crippen LogP contribution in [0.1, 0.15) is 17.8 Å². The highest BCUT2D eigenvalue weighted by molar-refractivity contribution is 7.80. The molecule has 0 saturated carbocycles. The molecule has 0 saturated heterocycles. The molecule has 0 radical (unpaired) electrons. The monoisotopic (exact) mass is 309 g/mol. The summed E-state index contributed by atoms with van der Waals surface area (Å²) in [6, 6.07) is 18.7. The van der Waals surface area contributed by atoms with Gasteiger partial charge in [0.05, 0.1) is 16.0 Å². The van der Waals surface area contributed by atoms with Gasteiger partial charge in [0, 0.05) is 19.4 Å². The van der Waals surface area contributed by atoms with E-state index in [1.54, 1.807) is 0 Å². The summed E-state index contributed by atoms with van der Waals surface area (Å²) < 4.78 is 2.25. The lowest BCUT2D eigenvalue weighted by atomic mass is 10.1. The van der Waals surface area contributed by atoms with Gasteiger partial charge in [-0.05, 0) is 24.1 Å². The van der Waals surface area contributed by atoms with Gasteiger partial charge in [-0.3, -0.25) is 0 Å². The number of aromatic nitrogens is 2. The molecular weight excluding hydrogens is 290 g/mol. The quantitative estimate of drug-likeness (QED) is 0.709. The van der Waals surface area contributed by atoms with Gasteiger partial charge in [-0.1, -0.05) is 54.7 Å². The van der Waals surface area contributed by atoms with Crippen molar-refractivity contribution in [3.8, 4) is 0 Å². The van der Waals surface area contributed by atoms with Crippen LogP contribution >= 0.6 is 12.2 Å². The highest BCUT2D eigenvalue weighted by atomic mass is 32.1. The molecule has 0 spiro atoms. The number of rotatable bonds is 6. The molecular formula is C18H19N3S. The van der Waals surface area contributed by atoms with E-state index in [0.29, 0.717) is 11.4 Å². The SMILES string of the molecule is NC(=S)CCn1c(CCc2ccccc2)nc2ccccc21. The standard InChI is InChI=1S/C18H19N3S/c19-17(22)12-13-21-16-9-5-4-8-15(16)20-18(21)11-10-14-6-2-1-3-7-14/h1-9H,10-13H2,(H2,19,22). The normalized spacial score (nSPS) is 10.9. The van der Waals surface area contributed by atoms with Crippen molar-refractivity contribution in [1.29, 1.82) is 0 Å². The fourth-order valence-corrected chi connectivity index (χ4v) is 2.78. The van der Waals surface area contributed by atoms with Gasteiger partial charge < -0.3 is 10.3 Å². The van der Waals surface area contributed by atoms with Gasteiger partial charge in [0.2, 0.25) is 0 Å². The first kappa shape index (κ1) is 14.7. The van der Waals surface area contributed by atoms with Crippen LogP contribution in [0.3, 0.4) is 0 Å². The molecule has 22 heavy (non-hydrogen) atoms. The number of nitrogens with zero attached hydrogens (tertiary/aromatic N) is 2. The average Bonchev–Trinajstić information content (AvgIpc) is 2.89. The number of aryl methyl sites for hydroxylation is 3. The number of nitrogens with two attached hydrogens (primary N) is 1. The molecule has 3 nitrogen and oxygen atoms in total. The first-order valence-electron chi connectivity index (χ1n) is 7.50. The van der Waals surface area contributed by atoms with Crippen molar-refractivity contribution in [2.45, 2.75) is 25.8 Å². The van der Waals surface area contributed by atoms with Crippen LogP contribution in [0.2, 0.25) is 0 Å². The predicted octanol–water partition coefficient (Wildman–Crippen LogP) is 3.50. The maximum atomic E-state index is 5.67. The van der Waals surface area contributed by atoms with Crippen LogP contribution in [-0.4, -0.2) is 14.5 Å². The van der Waals surface area contributed by atoms with Gasteiger partial charge in [0.25, 0.3) is 0 Å². The van der Waals surface area contributed by atoms with E-state index in [9.17, 15) is 0 Å². The van der Waals surface area contributed by atoms with E-state index in [-0.39, 0.29) is 0 Å². The number of hydrogen-bond acceptors (Lipinski definition) is 2. The Morgan fingerprint density at radius 3 is 2.50 bits per heavy atom. The maximum Gasteiger partial charge on any atom is 0.110 e. The number of imidazole rings is 1. The van der Waals surface area contributed by atoms with E-state index in [1.165, 1.54) is 5.56 Å². The first-order chi connectivity index (χ1) is 10.7. The van der Waals surface area contributed by atoms with E-state index >= 15 is 0 Å². The molecule has 2 aromatic carbocycles. The summed E-state index contributed by atoms with van der Waals surface area (Å²) in [6.07, 6.45) is 2.60. The number of thiocarbonyl (C=S) groups is 1. The van der Waals surface area contributed by atoms with Gasteiger partial charge in [-0.2, -0.15) is 0 Å². The van der Waals surface area contributed by atoms with Crippen molar-refractivity contribution in [1.82, 2.24) is 9.55 Å². The molecule has 4 heteroatoms. The summed E-state index contributed by atoms with van der Waals surface area (Å²) in [5.74, 6) is 1.10. The summed E-state index contributed by atoms with van der Waals surface area (Å²) in [5.41, 5.74) is 9.19.